The van der Waals surface area contributed by atoms with E-state index < -0.39 is 0 Å². The zero-order valence-electron chi connectivity index (χ0n) is 16.8. The summed E-state index contributed by atoms with van der Waals surface area (Å²) in [4.78, 5) is 28.3. The van der Waals surface area contributed by atoms with Crippen molar-refractivity contribution < 1.29 is 14.3 Å². The average molecular weight is 383 g/mol. The van der Waals surface area contributed by atoms with E-state index in [2.05, 4.69) is 18.8 Å². The number of nitrogens with zero attached hydrogens (tertiary/aromatic N) is 2. The van der Waals surface area contributed by atoms with Gasteiger partial charge in [-0.3, -0.25) is 4.79 Å². The lowest BCUT2D eigenvalue weighted by atomic mass is 9.78. The van der Waals surface area contributed by atoms with E-state index >= 15 is 0 Å². The van der Waals surface area contributed by atoms with Crippen molar-refractivity contribution in [2.24, 2.45) is 5.41 Å². The monoisotopic (exact) mass is 382 g/mol. The molecule has 5 nitrogen and oxygen atoms in total. The molecular formula is C23H30N2O3. The van der Waals surface area contributed by atoms with E-state index in [9.17, 15) is 9.59 Å². The zero-order chi connectivity index (χ0) is 19.8. The molecule has 2 aliphatic rings. The number of hydrogen-bond acceptors (Lipinski definition) is 3. The summed E-state index contributed by atoms with van der Waals surface area (Å²) in [5, 5.41) is 0. The van der Waals surface area contributed by atoms with Gasteiger partial charge in [-0.2, -0.15) is 0 Å². The number of carbonyl (C=O) groups is 2. The summed E-state index contributed by atoms with van der Waals surface area (Å²) >= 11 is 0. The van der Waals surface area contributed by atoms with Gasteiger partial charge in [0.05, 0.1) is 6.61 Å². The second-order valence-electron chi connectivity index (χ2n) is 7.90. The van der Waals surface area contributed by atoms with Gasteiger partial charge in [-0.1, -0.05) is 43.9 Å². The van der Waals surface area contributed by atoms with Crippen LogP contribution >= 0.6 is 0 Å². The maximum atomic E-state index is 12.4. The minimum Gasteiger partial charge on any atom is -0.449 e. The molecule has 2 saturated heterocycles. The Morgan fingerprint density at radius 1 is 1.04 bits per heavy atom. The van der Waals surface area contributed by atoms with Crippen LogP contribution in [0.15, 0.2) is 30.3 Å². The van der Waals surface area contributed by atoms with Crippen LogP contribution in [0.5, 0.6) is 0 Å². The summed E-state index contributed by atoms with van der Waals surface area (Å²) in [6.07, 6.45) is 5.80. The third kappa shape index (κ3) is 5.28. The van der Waals surface area contributed by atoms with E-state index in [1.165, 1.54) is 0 Å². The number of ether oxygens (including phenoxy) is 1. The summed E-state index contributed by atoms with van der Waals surface area (Å²) in [6.45, 7) is 5.57. The third-order valence-corrected chi connectivity index (χ3v) is 5.87. The number of piperidine rings is 1. The van der Waals surface area contributed by atoms with Crippen LogP contribution in [-0.2, 0) is 9.53 Å². The number of carbonyl (C=O) groups excluding carboxylic acids is 2. The molecule has 1 spiro atoms. The van der Waals surface area contributed by atoms with Crippen LogP contribution in [0.25, 0.3) is 0 Å². The first-order valence-electron chi connectivity index (χ1n) is 10.4. The van der Waals surface area contributed by atoms with Gasteiger partial charge in [-0.05, 0) is 43.2 Å². The Morgan fingerprint density at radius 2 is 1.71 bits per heavy atom. The topological polar surface area (TPSA) is 49.9 Å². The number of rotatable bonds is 4. The molecule has 0 bridgehead atoms. The van der Waals surface area contributed by atoms with Crippen molar-refractivity contribution in [3.05, 3.63) is 35.9 Å². The van der Waals surface area contributed by atoms with Crippen molar-refractivity contribution >= 4 is 12.0 Å². The Bertz CT molecular complexity index is 727. The van der Waals surface area contributed by atoms with Crippen molar-refractivity contribution in [1.29, 1.82) is 0 Å². The highest BCUT2D eigenvalue weighted by Gasteiger charge is 2.43. The molecule has 0 N–H and O–H groups in total. The molecule has 2 heterocycles. The van der Waals surface area contributed by atoms with Gasteiger partial charge in [0.2, 0.25) is 0 Å². The van der Waals surface area contributed by atoms with Gasteiger partial charge in [0.1, 0.15) is 0 Å². The first kappa shape index (κ1) is 20.3. The largest absolute Gasteiger partial charge is 0.449 e. The fraction of sp³-hybridized carbons (Fsp3) is 0.565. The first-order chi connectivity index (χ1) is 13.6. The molecule has 5 heteroatoms. The zero-order valence-corrected chi connectivity index (χ0v) is 16.8. The summed E-state index contributed by atoms with van der Waals surface area (Å²) in [7, 11) is 0. The Labute approximate surface area is 168 Å². The van der Waals surface area contributed by atoms with Gasteiger partial charge in [0, 0.05) is 37.7 Å². The third-order valence-electron chi connectivity index (χ3n) is 5.87. The lowest BCUT2D eigenvalue weighted by Gasteiger charge is -2.38. The van der Waals surface area contributed by atoms with Crippen LogP contribution in [-0.4, -0.2) is 54.6 Å². The number of amides is 2. The van der Waals surface area contributed by atoms with Gasteiger partial charge >= 0.3 is 6.09 Å². The predicted octanol–water partition coefficient (Wildman–Crippen LogP) is 3.68. The molecule has 0 radical (unpaired) electrons. The molecular weight excluding hydrogens is 352 g/mol. The SMILES string of the molecule is CCCCCOC(=O)N1CCC2(CCN(C(=O)C#Cc3ccccc3)CC2)C1. The van der Waals surface area contributed by atoms with Crippen molar-refractivity contribution in [3.63, 3.8) is 0 Å². The lowest BCUT2D eigenvalue weighted by molar-refractivity contribution is -0.127. The molecule has 3 rings (SSSR count). The van der Waals surface area contributed by atoms with Gasteiger partial charge in [-0.25, -0.2) is 4.79 Å². The molecule has 1 aromatic rings. The van der Waals surface area contributed by atoms with E-state index in [4.69, 9.17) is 4.74 Å². The molecule has 2 aliphatic heterocycles. The molecule has 2 fully saturated rings. The highest BCUT2D eigenvalue weighted by Crippen LogP contribution is 2.40. The molecule has 1 aromatic carbocycles. The molecule has 150 valence electrons. The van der Waals surface area contributed by atoms with Crippen LogP contribution in [0.1, 0.15) is 51.0 Å². The second-order valence-corrected chi connectivity index (χ2v) is 7.90. The maximum Gasteiger partial charge on any atom is 0.409 e. The normalized spacial score (nSPS) is 17.9. The van der Waals surface area contributed by atoms with E-state index in [0.29, 0.717) is 19.7 Å². The molecule has 0 aliphatic carbocycles. The highest BCUT2D eigenvalue weighted by molar-refractivity contribution is 5.94. The van der Waals surface area contributed by atoms with Crippen LogP contribution < -0.4 is 0 Å². The fourth-order valence-electron chi connectivity index (χ4n) is 4.01. The van der Waals surface area contributed by atoms with E-state index in [0.717, 1.165) is 57.2 Å². The second kappa shape index (κ2) is 9.64. The molecule has 0 saturated carbocycles. The summed E-state index contributed by atoms with van der Waals surface area (Å²) < 4.78 is 5.40. The Hall–Kier alpha value is -2.48. The van der Waals surface area contributed by atoms with Crippen molar-refractivity contribution in [2.45, 2.75) is 45.4 Å². The Kier molecular flexibility index (Phi) is 6.97. The average Bonchev–Trinajstić information content (AvgIpc) is 3.14. The quantitative estimate of drug-likeness (QED) is 0.590. The van der Waals surface area contributed by atoms with Crippen molar-refractivity contribution in [2.75, 3.05) is 32.8 Å². The summed E-state index contributed by atoms with van der Waals surface area (Å²) in [5.74, 6) is 5.60. The number of hydrogen-bond donors (Lipinski definition) is 0. The van der Waals surface area contributed by atoms with Gasteiger partial charge < -0.3 is 14.5 Å². The van der Waals surface area contributed by atoms with Crippen LogP contribution in [0.2, 0.25) is 0 Å². The van der Waals surface area contributed by atoms with E-state index in [-0.39, 0.29) is 17.4 Å². The minimum absolute atomic E-state index is 0.108. The molecule has 2 amide bonds. The Morgan fingerprint density at radius 3 is 2.39 bits per heavy atom. The van der Waals surface area contributed by atoms with Gasteiger partial charge in [0.15, 0.2) is 0 Å². The van der Waals surface area contributed by atoms with Crippen molar-refractivity contribution in [3.8, 4) is 11.8 Å². The number of benzene rings is 1. The molecule has 0 unspecified atom stereocenters. The lowest BCUT2D eigenvalue weighted by Crippen LogP contribution is -2.44. The molecule has 0 aromatic heterocycles. The van der Waals surface area contributed by atoms with E-state index in [1.807, 2.05) is 40.1 Å². The smallest absolute Gasteiger partial charge is 0.409 e. The molecule has 0 atom stereocenters. The summed E-state index contributed by atoms with van der Waals surface area (Å²) in [6, 6.07) is 9.57. The Balaban J connectivity index is 1.45. The molecule has 28 heavy (non-hydrogen) atoms. The van der Waals surface area contributed by atoms with E-state index in [1.54, 1.807) is 0 Å². The van der Waals surface area contributed by atoms with Gasteiger partial charge in [0.25, 0.3) is 5.91 Å². The van der Waals surface area contributed by atoms with Crippen LogP contribution in [0.3, 0.4) is 0 Å². The predicted molar refractivity (Wildman–Crippen MR) is 109 cm³/mol. The van der Waals surface area contributed by atoms with Gasteiger partial charge in [-0.15, -0.1) is 0 Å². The van der Waals surface area contributed by atoms with Crippen LogP contribution in [0, 0.1) is 17.3 Å². The summed E-state index contributed by atoms with van der Waals surface area (Å²) in [5.41, 5.74) is 0.986. The number of unbranched alkanes of at least 4 members (excludes halogenated alkanes) is 2. The minimum atomic E-state index is -0.180. The first-order valence-corrected chi connectivity index (χ1v) is 10.4. The van der Waals surface area contributed by atoms with Crippen molar-refractivity contribution in [1.82, 2.24) is 9.80 Å². The van der Waals surface area contributed by atoms with Crippen LogP contribution in [0.4, 0.5) is 4.79 Å². The highest BCUT2D eigenvalue weighted by atomic mass is 16.6. The number of likely N-dealkylation sites (tertiary alicyclic amines) is 2. The standard InChI is InChI=1S/C23H30N2O3/c1-2-3-7-18-28-22(27)25-17-14-23(19-25)12-15-24(16-13-23)21(26)11-10-20-8-5-4-6-9-20/h4-6,8-9H,2-3,7,12-19H2,1H3. The fourth-order valence-corrected chi connectivity index (χ4v) is 4.01. The maximum absolute atomic E-state index is 12.4.